The topological polar surface area (TPSA) is 75.7 Å². The summed E-state index contributed by atoms with van der Waals surface area (Å²) in [5, 5.41) is 10.3. The summed E-state index contributed by atoms with van der Waals surface area (Å²) in [6.45, 7) is 4.20. The van der Waals surface area contributed by atoms with Crippen LogP contribution in [0, 0.1) is 13.8 Å². The molecule has 1 heterocycles. The van der Waals surface area contributed by atoms with E-state index in [-0.39, 0.29) is 6.15 Å². The Bertz CT molecular complexity index is 554. The van der Waals surface area contributed by atoms with Gasteiger partial charge in [0.15, 0.2) is 0 Å². The Hall–Kier alpha value is -2.52. The molecule has 1 N–H and O–H groups in total. The molecule has 2 aromatic rings. The van der Waals surface area contributed by atoms with Gasteiger partial charge >= 0.3 is 6.15 Å². The van der Waals surface area contributed by atoms with E-state index in [4.69, 9.17) is 9.59 Å². The van der Waals surface area contributed by atoms with Crippen molar-refractivity contribution in [2.45, 2.75) is 13.8 Å². The van der Waals surface area contributed by atoms with Crippen molar-refractivity contribution in [3.8, 4) is 0 Å². The van der Waals surface area contributed by atoms with Crippen LogP contribution in [0.25, 0.3) is 12.2 Å². The predicted molar refractivity (Wildman–Crippen MR) is 66.2 cm³/mol. The molecule has 18 heavy (non-hydrogen) atoms. The van der Waals surface area contributed by atoms with E-state index < -0.39 is 0 Å². The fraction of sp³-hybridized carbons (Fsp3) is 0.154. The van der Waals surface area contributed by atoms with Crippen molar-refractivity contribution < 1.29 is 9.59 Å². The summed E-state index contributed by atoms with van der Waals surface area (Å²) >= 11 is 0. The molecule has 92 valence electrons. The van der Waals surface area contributed by atoms with Gasteiger partial charge in [0.25, 0.3) is 0 Å². The van der Waals surface area contributed by atoms with E-state index in [1.54, 1.807) is 6.20 Å². The number of hydrogen-bond acceptors (Lipinski definition) is 4. The van der Waals surface area contributed by atoms with Crippen LogP contribution in [0.3, 0.4) is 0 Å². The molecule has 0 radical (unpaired) electrons. The average molecular weight is 243 g/mol. The first kappa shape index (κ1) is 13.5. The number of nitrogens with one attached hydrogen (secondary N) is 1. The maximum atomic E-state index is 8.12. The summed E-state index contributed by atoms with van der Waals surface area (Å²) in [6.07, 6.45) is 5.94. The molecule has 0 saturated carbocycles. The number of carbonyl (C=O) groups excluding carboxylic acids is 2. The van der Waals surface area contributed by atoms with E-state index in [0.717, 1.165) is 5.69 Å². The zero-order chi connectivity index (χ0) is 13.4. The lowest BCUT2D eigenvalue weighted by molar-refractivity contribution is -0.191. The van der Waals surface area contributed by atoms with Crippen LogP contribution in [0.5, 0.6) is 0 Å². The Morgan fingerprint density at radius 1 is 1.22 bits per heavy atom. The molecule has 0 bridgehead atoms. The number of nitrogens with zero attached hydrogens (tertiary/aromatic N) is 2. The Kier molecular flexibility index (Phi) is 5.22. The minimum Gasteiger partial charge on any atom is -0.197 e. The number of hydrogen-bond donors (Lipinski definition) is 1. The summed E-state index contributed by atoms with van der Waals surface area (Å²) in [5.74, 6) is 0. The van der Waals surface area contributed by atoms with Gasteiger partial charge in [0.1, 0.15) is 5.69 Å². The molecule has 5 heteroatoms. The van der Waals surface area contributed by atoms with Gasteiger partial charge in [-0.15, -0.1) is 0 Å². The molecule has 1 aromatic heterocycles. The maximum Gasteiger partial charge on any atom is 0.373 e. The first-order valence-corrected chi connectivity index (χ1v) is 5.27. The van der Waals surface area contributed by atoms with Crippen molar-refractivity contribution in [2.75, 3.05) is 0 Å². The lowest BCUT2D eigenvalue weighted by atomic mass is 10.1. The summed E-state index contributed by atoms with van der Waals surface area (Å²) in [4.78, 5) is 16.2. The zero-order valence-corrected chi connectivity index (χ0v) is 10.2. The number of aromatic amines is 1. The number of aryl methyl sites for hydroxylation is 2. The highest BCUT2D eigenvalue weighted by atomic mass is 16.2. The van der Waals surface area contributed by atoms with Crippen LogP contribution in [0.2, 0.25) is 0 Å². The van der Waals surface area contributed by atoms with Gasteiger partial charge in [-0.25, -0.2) is 0 Å². The van der Waals surface area contributed by atoms with Gasteiger partial charge in [-0.1, -0.05) is 29.8 Å². The Morgan fingerprint density at radius 2 is 1.94 bits per heavy atom. The smallest absolute Gasteiger partial charge is 0.197 e. The van der Waals surface area contributed by atoms with Crippen molar-refractivity contribution >= 4 is 18.3 Å². The maximum absolute atomic E-state index is 8.12. The van der Waals surface area contributed by atoms with Gasteiger partial charge < -0.3 is 0 Å². The first-order chi connectivity index (χ1) is 8.67. The molecular weight excluding hydrogens is 230 g/mol. The van der Waals surface area contributed by atoms with Crippen molar-refractivity contribution in [2.24, 2.45) is 0 Å². The second-order valence-electron chi connectivity index (χ2n) is 3.67. The van der Waals surface area contributed by atoms with Crippen molar-refractivity contribution in [3.05, 3.63) is 46.8 Å². The molecular formula is C13H13N3O2. The van der Waals surface area contributed by atoms with Crippen molar-refractivity contribution in [3.63, 3.8) is 0 Å². The second kappa shape index (κ2) is 6.93. The Morgan fingerprint density at radius 3 is 2.50 bits per heavy atom. The largest absolute Gasteiger partial charge is 0.373 e. The lowest BCUT2D eigenvalue weighted by Crippen LogP contribution is -1.81. The molecule has 0 spiro atoms. The van der Waals surface area contributed by atoms with E-state index in [1.807, 2.05) is 12.2 Å². The SMILES string of the molecule is Cc1ccc(C=Cc2cn[nH]n2)c(C)c1.O=C=O. The van der Waals surface area contributed by atoms with Crippen LogP contribution >= 0.6 is 0 Å². The molecule has 0 aliphatic carbocycles. The van der Waals surface area contributed by atoms with Gasteiger partial charge in [-0.2, -0.15) is 25.0 Å². The van der Waals surface area contributed by atoms with E-state index >= 15 is 0 Å². The highest BCUT2D eigenvalue weighted by Gasteiger charge is 1.94. The van der Waals surface area contributed by atoms with Crippen molar-refractivity contribution in [1.29, 1.82) is 0 Å². The van der Waals surface area contributed by atoms with Crippen molar-refractivity contribution in [1.82, 2.24) is 15.4 Å². The third-order valence-electron chi connectivity index (χ3n) is 2.29. The summed E-state index contributed by atoms with van der Waals surface area (Å²) in [6, 6.07) is 6.39. The number of H-pyrrole nitrogens is 1. The van der Waals surface area contributed by atoms with E-state index in [9.17, 15) is 0 Å². The highest BCUT2D eigenvalue weighted by Crippen LogP contribution is 2.13. The van der Waals surface area contributed by atoms with Crippen LogP contribution in [0.4, 0.5) is 0 Å². The quantitative estimate of drug-likeness (QED) is 0.875. The van der Waals surface area contributed by atoms with Crippen LogP contribution in [0.1, 0.15) is 22.4 Å². The number of aromatic nitrogens is 3. The molecule has 2 rings (SSSR count). The second-order valence-corrected chi connectivity index (χ2v) is 3.67. The van der Waals surface area contributed by atoms with Gasteiger partial charge in [-0.3, -0.25) is 0 Å². The zero-order valence-electron chi connectivity index (χ0n) is 10.2. The van der Waals surface area contributed by atoms with Crippen LogP contribution in [-0.2, 0) is 9.59 Å². The van der Waals surface area contributed by atoms with E-state index in [0.29, 0.717) is 0 Å². The van der Waals surface area contributed by atoms with Crippen LogP contribution in [-0.4, -0.2) is 21.6 Å². The molecule has 0 amide bonds. The minimum absolute atomic E-state index is 0.250. The molecule has 0 unspecified atom stereocenters. The fourth-order valence-electron chi connectivity index (χ4n) is 1.48. The first-order valence-electron chi connectivity index (χ1n) is 5.27. The standard InChI is InChI=1S/C12H13N3.CO2/c1-9-3-4-11(10(2)7-9)5-6-12-8-13-15-14-12;2-1-3/h3-8H,1-2H3,(H,13,14,15);. The van der Waals surface area contributed by atoms with Gasteiger partial charge in [0.2, 0.25) is 0 Å². The molecule has 5 nitrogen and oxygen atoms in total. The third-order valence-corrected chi connectivity index (χ3v) is 2.29. The van der Waals surface area contributed by atoms with E-state index in [1.165, 1.54) is 16.7 Å². The molecule has 0 aliphatic rings. The fourth-order valence-corrected chi connectivity index (χ4v) is 1.48. The lowest BCUT2D eigenvalue weighted by Gasteiger charge is -2.00. The summed E-state index contributed by atoms with van der Waals surface area (Å²) < 4.78 is 0. The predicted octanol–water partition coefficient (Wildman–Crippen LogP) is 2.01. The monoisotopic (exact) mass is 243 g/mol. The molecule has 0 aliphatic heterocycles. The van der Waals surface area contributed by atoms with Crippen LogP contribution in [0.15, 0.2) is 24.4 Å². The number of benzene rings is 1. The molecule has 0 atom stereocenters. The van der Waals surface area contributed by atoms with E-state index in [2.05, 4.69) is 47.5 Å². The Balaban J connectivity index is 0.000000492. The van der Waals surface area contributed by atoms with Gasteiger partial charge in [0.05, 0.1) is 6.20 Å². The third kappa shape index (κ3) is 4.15. The minimum atomic E-state index is 0.250. The molecule has 0 saturated heterocycles. The van der Waals surface area contributed by atoms with Crippen LogP contribution < -0.4 is 0 Å². The van der Waals surface area contributed by atoms with Gasteiger partial charge in [0, 0.05) is 0 Å². The number of rotatable bonds is 2. The Labute approximate surface area is 105 Å². The van der Waals surface area contributed by atoms with Gasteiger partial charge in [-0.05, 0) is 31.1 Å². The molecule has 1 aromatic carbocycles. The summed E-state index contributed by atoms with van der Waals surface area (Å²) in [7, 11) is 0. The molecule has 0 fully saturated rings. The normalized spacial score (nSPS) is 9.67. The average Bonchev–Trinajstić information content (AvgIpc) is 2.82. The summed E-state index contributed by atoms with van der Waals surface area (Å²) in [5.41, 5.74) is 4.61. The highest BCUT2D eigenvalue weighted by molar-refractivity contribution is 5.69.